The van der Waals surface area contributed by atoms with Gasteiger partial charge in [0.15, 0.2) is 5.76 Å². The number of hydrogen-bond acceptors (Lipinski definition) is 4. The molecule has 1 aliphatic rings. The van der Waals surface area contributed by atoms with E-state index in [-0.39, 0.29) is 17.6 Å². The number of furan rings is 1. The molecule has 0 aliphatic heterocycles. The van der Waals surface area contributed by atoms with Crippen LogP contribution in [0.15, 0.2) is 64.1 Å². The first kappa shape index (κ1) is 19.6. The Labute approximate surface area is 175 Å². The van der Waals surface area contributed by atoms with Crippen LogP contribution in [0, 0.1) is 13.8 Å². The molecule has 0 fully saturated rings. The molecule has 30 heavy (non-hydrogen) atoms. The van der Waals surface area contributed by atoms with Gasteiger partial charge in [0, 0.05) is 28.8 Å². The van der Waals surface area contributed by atoms with Crippen LogP contribution in [-0.2, 0) is 6.42 Å². The first-order valence-electron chi connectivity index (χ1n) is 9.95. The number of benzene rings is 2. The lowest BCUT2D eigenvalue weighted by Crippen LogP contribution is -2.22. The molecular formula is C24H23N3O3. The number of aryl methyl sites for hydroxylation is 2. The van der Waals surface area contributed by atoms with Crippen LogP contribution >= 0.6 is 0 Å². The number of hydrazone groups is 1. The van der Waals surface area contributed by atoms with Crippen LogP contribution in [0.25, 0.3) is 0 Å². The third-order valence-corrected chi connectivity index (χ3v) is 5.17. The molecule has 0 bridgehead atoms. The van der Waals surface area contributed by atoms with Gasteiger partial charge in [-0.3, -0.25) is 9.59 Å². The summed E-state index contributed by atoms with van der Waals surface area (Å²) < 4.78 is 5.90. The minimum absolute atomic E-state index is 0.266. The van der Waals surface area contributed by atoms with Gasteiger partial charge < -0.3 is 9.73 Å². The van der Waals surface area contributed by atoms with Crippen molar-refractivity contribution in [1.82, 2.24) is 5.43 Å². The number of para-hydroxylation sites is 1. The molecule has 3 aromatic rings. The Morgan fingerprint density at radius 3 is 2.40 bits per heavy atom. The molecular weight excluding hydrogens is 378 g/mol. The predicted octanol–water partition coefficient (Wildman–Crippen LogP) is 4.62. The van der Waals surface area contributed by atoms with E-state index < -0.39 is 0 Å². The molecule has 1 heterocycles. The summed E-state index contributed by atoms with van der Waals surface area (Å²) in [5.41, 5.74) is 7.28. The quantitative estimate of drug-likeness (QED) is 0.626. The molecule has 1 aromatic heterocycles. The Hall–Kier alpha value is -3.67. The normalized spacial score (nSPS) is 14.3. The zero-order chi connectivity index (χ0) is 21.1. The van der Waals surface area contributed by atoms with Crippen LogP contribution in [0.2, 0.25) is 0 Å². The van der Waals surface area contributed by atoms with Gasteiger partial charge in [-0.05, 0) is 51.0 Å². The molecule has 0 saturated heterocycles. The summed E-state index contributed by atoms with van der Waals surface area (Å²) in [6, 6.07) is 16.6. The molecule has 0 spiro atoms. The molecule has 6 heteroatoms. The number of carbonyl (C=O) groups is 2. The fourth-order valence-electron chi connectivity index (χ4n) is 3.59. The summed E-state index contributed by atoms with van der Waals surface area (Å²) in [7, 11) is 0. The number of nitrogens with one attached hydrogen (secondary N) is 2. The Balaban J connectivity index is 1.56. The molecule has 0 atom stereocenters. The smallest absolute Gasteiger partial charge is 0.291 e. The SMILES string of the molecule is Cc1ccc(C(=O)N/N=C2\CCCc3oc(C(=O)Nc4ccccc4)c(C)c32)cc1. The third kappa shape index (κ3) is 4.03. The summed E-state index contributed by atoms with van der Waals surface area (Å²) in [6.07, 6.45) is 2.29. The van der Waals surface area contributed by atoms with E-state index in [1.165, 1.54) is 0 Å². The third-order valence-electron chi connectivity index (χ3n) is 5.17. The monoisotopic (exact) mass is 401 g/mol. The second-order valence-corrected chi connectivity index (χ2v) is 7.39. The number of carbonyl (C=O) groups excluding carboxylic acids is 2. The maximum atomic E-state index is 12.7. The number of rotatable bonds is 4. The predicted molar refractivity (Wildman–Crippen MR) is 116 cm³/mol. The van der Waals surface area contributed by atoms with Gasteiger partial charge in [0.25, 0.3) is 11.8 Å². The molecule has 0 unspecified atom stereocenters. The lowest BCUT2D eigenvalue weighted by molar-refractivity contribution is 0.0953. The fourth-order valence-corrected chi connectivity index (χ4v) is 3.59. The minimum atomic E-state index is -0.295. The van der Waals surface area contributed by atoms with Gasteiger partial charge in [0.2, 0.25) is 0 Å². The first-order chi connectivity index (χ1) is 14.5. The highest BCUT2D eigenvalue weighted by Crippen LogP contribution is 2.30. The molecule has 6 nitrogen and oxygen atoms in total. The van der Waals surface area contributed by atoms with Crippen LogP contribution in [0.4, 0.5) is 5.69 Å². The summed E-state index contributed by atoms with van der Waals surface area (Å²) >= 11 is 0. The molecule has 0 radical (unpaired) electrons. The Morgan fingerprint density at radius 1 is 0.933 bits per heavy atom. The van der Waals surface area contributed by atoms with Crippen molar-refractivity contribution in [2.45, 2.75) is 33.1 Å². The molecule has 4 rings (SSSR count). The summed E-state index contributed by atoms with van der Waals surface area (Å²) in [4.78, 5) is 25.1. The van der Waals surface area contributed by atoms with Crippen molar-refractivity contribution in [3.8, 4) is 0 Å². The van der Waals surface area contributed by atoms with Crippen LogP contribution in [0.5, 0.6) is 0 Å². The van der Waals surface area contributed by atoms with Crippen molar-refractivity contribution in [3.05, 3.63) is 88.4 Å². The second-order valence-electron chi connectivity index (χ2n) is 7.39. The highest BCUT2D eigenvalue weighted by molar-refractivity contribution is 6.09. The fraction of sp³-hybridized carbons (Fsp3) is 0.208. The Kier molecular flexibility index (Phi) is 5.48. The van der Waals surface area contributed by atoms with E-state index in [1.807, 2.05) is 56.3 Å². The maximum Gasteiger partial charge on any atom is 0.291 e. The van der Waals surface area contributed by atoms with Gasteiger partial charge in [0.1, 0.15) is 5.76 Å². The van der Waals surface area contributed by atoms with Crippen LogP contribution in [0.3, 0.4) is 0 Å². The molecule has 2 aromatic carbocycles. The van der Waals surface area contributed by atoms with E-state index >= 15 is 0 Å². The zero-order valence-corrected chi connectivity index (χ0v) is 17.0. The summed E-state index contributed by atoms with van der Waals surface area (Å²) in [5, 5.41) is 7.22. The van der Waals surface area contributed by atoms with Crippen molar-refractivity contribution in [2.75, 3.05) is 5.32 Å². The van der Waals surface area contributed by atoms with E-state index in [0.29, 0.717) is 17.7 Å². The zero-order valence-electron chi connectivity index (χ0n) is 17.0. The molecule has 0 saturated carbocycles. The average Bonchev–Trinajstić information content (AvgIpc) is 3.10. The van der Waals surface area contributed by atoms with Crippen molar-refractivity contribution in [2.24, 2.45) is 5.10 Å². The Morgan fingerprint density at radius 2 is 1.67 bits per heavy atom. The first-order valence-corrected chi connectivity index (χ1v) is 9.95. The van der Waals surface area contributed by atoms with Gasteiger partial charge in [0.05, 0.1) is 5.71 Å². The number of nitrogens with zero attached hydrogens (tertiary/aromatic N) is 1. The van der Waals surface area contributed by atoms with Crippen molar-refractivity contribution < 1.29 is 14.0 Å². The highest BCUT2D eigenvalue weighted by atomic mass is 16.4. The average molecular weight is 401 g/mol. The number of amides is 2. The van der Waals surface area contributed by atoms with Gasteiger partial charge in [-0.15, -0.1) is 0 Å². The number of anilines is 1. The van der Waals surface area contributed by atoms with Crippen LogP contribution in [-0.4, -0.2) is 17.5 Å². The van der Waals surface area contributed by atoms with Crippen molar-refractivity contribution in [1.29, 1.82) is 0 Å². The summed E-state index contributed by atoms with van der Waals surface area (Å²) in [5.74, 6) is 0.456. The lowest BCUT2D eigenvalue weighted by Gasteiger charge is -2.13. The topological polar surface area (TPSA) is 83.7 Å². The standard InChI is InChI=1S/C24H23N3O3/c1-15-11-13-17(14-12-15)23(28)27-26-19-9-6-10-20-21(19)16(2)22(30-20)24(29)25-18-7-4-3-5-8-18/h3-5,7-8,11-14H,6,9-10H2,1-2H3,(H,25,29)(H,27,28)/b26-19+. The van der Waals surface area contributed by atoms with Gasteiger partial charge >= 0.3 is 0 Å². The van der Waals surface area contributed by atoms with Gasteiger partial charge in [-0.25, -0.2) is 5.43 Å². The van der Waals surface area contributed by atoms with Crippen molar-refractivity contribution >= 4 is 23.2 Å². The summed E-state index contributed by atoms with van der Waals surface area (Å²) in [6.45, 7) is 3.82. The van der Waals surface area contributed by atoms with E-state index in [0.717, 1.165) is 41.0 Å². The van der Waals surface area contributed by atoms with E-state index in [4.69, 9.17) is 4.42 Å². The van der Waals surface area contributed by atoms with E-state index in [9.17, 15) is 9.59 Å². The van der Waals surface area contributed by atoms with Crippen LogP contribution < -0.4 is 10.7 Å². The molecule has 152 valence electrons. The maximum absolute atomic E-state index is 12.7. The second kappa shape index (κ2) is 8.37. The number of hydrogen-bond donors (Lipinski definition) is 2. The highest BCUT2D eigenvalue weighted by Gasteiger charge is 2.28. The van der Waals surface area contributed by atoms with Crippen molar-refractivity contribution in [3.63, 3.8) is 0 Å². The van der Waals surface area contributed by atoms with E-state index in [2.05, 4.69) is 15.8 Å². The molecule has 2 amide bonds. The lowest BCUT2D eigenvalue weighted by atomic mass is 9.93. The van der Waals surface area contributed by atoms with Gasteiger partial charge in [-0.1, -0.05) is 35.9 Å². The van der Waals surface area contributed by atoms with Gasteiger partial charge in [-0.2, -0.15) is 5.10 Å². The largest absolute Gasteiger partial charge is 0.455 e. The Bertz CT molecular complexity index is 1110. The minimum Gasteiger partial charge on any atom is -0.455 e. The van der Waals surface area contributed by atoms with E-state index in [1.54, 1.807) is 12.1 Å². The molecule has 2 N–H and O–H groups in total. The number of fused-ring (bicyclic) bond motifs is 1. The van der Waals surface area contributed by atoms with Crippen LogP contribution in [0.1, 0.15) is 56.2 Å². The molecule has 1 aliphatic carbocycles.